The topological polar surface area (TPSA) is 84.9 Å². The molecule has 0 bridgehead atoms. The van der Waals surface area contributed by atoms with Crippen LogP contribution in [0.4, 0.5) is 5.69 Å². The van der Waals surface area contributed by atoms with Crippen LogP contribution in [0.1, 0.15) is 10.4 Å². The second kappa shape index (κ2) is 3.73. The van der Waals surface area contributed by atoms with Crippen molar-refractivity contribution in [2.75, 3.05) is 19.0 Å². The van der Waals surface area contributed by atoms with Crippen molar-refractivity contribution in [3.8, 4) is 11.5 Å². The summed E-state index contributed by atoms with van der Waals surface area (Å²) in [7, 11) is 1.43. The molecule has 6 heteroatoms. The van der Waals surface area contributed by atoms with Crippen LogP contribution in [0.5, 0.6) is 11.5 Å². The minimum Gasteiger partial charge on any atom is -0.497 e. The Hall–Kier alpha value is -2.24. The number of hydrogen-bond donors (Lipinski definition) is 2. The molecule has 0 aromatic heterocycles. The Bertz CT molecular complexity index is 469. The van der Waals surface area contributed by atoms with Gasteiger partial charge in [0.1, 0.15) is 11.5 Å². The number of carbonyl (C=O) groups is 2. The Morgan fingerprint density at radius 2 is 2.31 bits per heavy atom. The van der Waals surface area contributed by atoms with E-state index in [0.29, 0.717) is 11.5 Å². The minimum atomic E-state index is -1.15. The van der Waals surface area contributed by atoms with Crippen LogP contribution >= 0.6 is 0 Å². The summed E-state index contributed by atoms with van der Waals surface area (Å²) in [5, 5.41) is 11.4. The average molecular weight is 223 g/mol. The lowest BCUT2D eigenvalue weighted by Crippen LogP contribution is -2.27. The molecule has 0 spiro atoms. The molecule has 1 aromatic carbocycles. The Morgan fingerprint density at radius 1 is 1.56 bits per heavy atom. The molecule has 2 rings (SSSR count). The monoisotopic (exact) mass is 223 g/mol. The van der Waals surface area contributed by atoms with E-state index in [2.05, 4.69) is 5.32 Å². The van der Waals surface area contributed by atoms with Gasteiger partial charge < -0.3 is 19.9 Å². The van der Waals surface area contributed by atoms with Crippen LogP contribution < -0.4 is 14.8 Å². The van der Waals surface area contributed by atoms with Gasteiger partial charge in [0.05, 0.1) is 18.4 Å². The van der Waals surface area contributed by atoms with E-state index >= 15 is 0 Å². The van der Waals surface area contributed by atoms with Crippen molar-refractivity contribution in [1.82, 2.24) is 0 Å². The van der Waals surface area contributed by atoms with E-state index in [1.165, 1.54) is 19.2 Å². The van der Waals surface area contributed by atoms with Gasteiger partial charge in [0.15, 0.2) is 6.61 Å². The maximum absolute atomic E-state index is 11.1. The van der Waals surface area contributed by atoms with Gasteiger partial charge in [-0.05, 0) is 6.07 Å². The molecule has 6 nitrogen and oxygen atoms in total. The number of ether oxygens (including phenoxy) is 2. The lowest BCUT2D eigenvalue weighted by molar-refractivity contribution is -0.118. The lowest BCUT2D eigenvalue weighted by atomic mass is 10.1. The van der Waals surface area contributed by atoms with Gasteiger partial charge in [-0.3, -0.25) is 4.79 Å². The molecule has 1 aromatic rings. The number of hydrogen-bond acceptors (Lipinski definition) is 4. The summed E-state index contributed by atoms with van der Waals surface area (Å²) in [6.07, 6.45) is 0. The molecule has 2 N–H and O–H groups in total. The first-order valence-corrected chi connectivity index (χ1v) is 4.50. The number of rotatable bonds is 2. The predicted octanol–water partition coefficient (Wildman–Crippen LogP) is 0.724. The second-order valence-electron chi connectivity index (χ2n) is 3.19. The zero-order valence-electron chi connectivity index (χ0n) is 8.44. The molecular weight excluding hydrogens is 214 g/mol. The number of fused-ring (bicyclic) bond motifs is 1. The van der Waals surface area contributed by atoms with Crippen molar-refractivity contribution in [3.05, 3.63) is 17.7 Å². The third-order valence-electron chi connectivity index (χ3n) is 2.16. The van der Waals surface area contributed by atoms with E-state index in [-0.39, 0.29) is 23.8 Å². The fraction of sp³-hybridized carbons (Fsp3) is 0.200. The van der Waals surface area contributed by atoms with Crippen LogP contribution in [-0.2, 0) is 4.79 Å². The third-order valence-corrected chi connectivity index (χ3v) is 2.16. The average Bonchev–Trinajstić information content (AvgIpc) is 2.27. The number of carbonyl (C=O) groups excluding carboxylic acids is 1. The van der Waals surface area contributed by atoms with Crippen LogP contribution in [-0.4, -0.2) is 30.7 Å². The highest BCUT2D eigenvalue weighted by atomic mass is 16.5. The molecule has 0 atom stereocenters. The summed E-state index contributed by atoms with van der Waals surface area (Å²) < 4.78 is 10.1. The highest BCUT2D eigenvalue weighted by Gasteiger charge is 2.23. The first-order valence-electron chi connectivity index (χ1n) is 4.50. The Kier molecular flexibility index (Phi) is 2.40. The van der Waals surface area contributed by atoms with E-state index in [1.807, 2.05) is 0 Å². The molecule has 16 heavy (non-hydrogen) atoms. The number of carboxylic acids is 1. The van der Waals surface area contributed by atoms with Crippen LogP contribution in [0.3, 0.4) is 0 Å². The zero-order chi connectivity index (χ0) is 11.7. The highest BCUT2D eigenvalue weighted by Crippen LogP contribution is 2.35. The van der Waals surface area contributed by atoms with Crippen molar-refractivity contribution < 1.29 is 24.2 Å². The van der Waals surface area contributed by atoms with Crippen LogP contribution in [0.2, 0.25) is 0 Å². The lowest BCUT2D eigenvalue weighted by Gasteiger charge is -2.20. The summed E-state index contributed by atoms with van der Waals surface area (Å²) in [4.78, 5) is 22.1. The maximum atomic E-state index is 11.1. The fourth-order valence-electron chi connectivity index (χ4n) is 1.44. The van der Waals surface area contributed by atoms with Gasteiger partial charge in [-0.15, -0.1) is 0 Å². The maximum Gasteiger partial charge on any atom is 0.338 e. The summed E-state index contributed by atoms with van der Waals surface area (Å²) >= 11 is 0. The molecule has 0 unspecified atom stereocenters. The van der Waals surface area contributed by atoms with Gasteiger partial charge in [0.2, 0.25) is 0 Å². The fourth-order valence-corrected chi connectivity index (χ4v) is 1.44. The molecule has 84 valence electrons. The molecule has 0 radical (unpaired) electrons. The number of amides is 1. The van der Waals surface area contributed by atoms with Gasteiger partial charge >= 0.3 is 5.97 Å². The molecule has 1 aliphatic heterocycles. The summed E-state index contributed by atoms with van der Waals surface area (Å²) in [6.45, 7) is -0.126. The highest BCUT2D eigenvalue weighted by molar-refractivity contribution is 6.04. The zero-order valence-corrected chi connectivity index (χ0v) is 8.44. The number of aromatic carboxylic acids is 1. The number of methoxy groups -OCH3 is 1. The van der Waals surface area contributed by atoms with E-state index in [1.54, 1.807) is 0 Å². The predicted molar refractivity (Wildman–Crippen MR) is 54.1 cm³/mol. The third kappa shape index (κ3) is 1.65. The Labute approximate surface area is 90.8 Å². The Balaban J connectivity index is 2.57. The number of anilines is 1. The van der Waals surface area contributed by atoms with E-state index in [9.17, 15) is 9.59 Å². The van der Waals surface area contributed by atoms with Gasteiger partial charge in [-0.1, -0.05) is 0 Å². The van der Waals surface area contributed by atoms with Gasteiger partial charge in [-0.2, -0.15) is 0 Å². The Morgan fingerprint density at radius 3 is 2.94 bits per heavy atom. The van der Waals surface area contributed by atoms with Crippen molar-refractivity contribution >= 4 is 17.6 Å². The smallest absolute Gasteiger partial charge is 0.338 e. The molecule has 0 aliphatic carbocycles. The van der Waals surface area contributed by atoms with Gasteiger partial charge in [-0.25, -0.2) is 4.79 Å². The molecule has 1 heterocycles. The van der Waals surface area contributed by atoms with Crippen LogP contribution in [0, 0.1) is 0 Å². The van der Waals surface area contributed by atoms with Crippen molar-refractivity contribution in [2.45, 2.75) is 0 Å². The van der Waals surface area contributed by atoms with Crippen LogP contribution in [0.15, 0.2) is 12.1 Å². The van der Waals surface area contributed by atoms with Crippen molar-refractivity contribution in [2.24, 2.45) is 0 Å². The summed E-state index contributed by atoms with van der Waals surface area (Å²) in [5.41, 5.74) is 0.118. The quantitative estimate of drug-likeness (QED) is 0.771. The molecular formula is C10H9NO5. The van der Waals surface area contributed by atoms with E-state index < -0.39 is 5.97 Å². The SMILES string of the molecule is COc1cc2c(c(C(=O)O)c1)NC(=O)CO2. The van der Waals surface area contributed by atoms with E-state index in [0.717, 1.165) is 0 Å². The first kappa shape index (κ1) is 10.3. The standard InChI is InChI=1S/C10H9NO5/c1-15-5-2-6(10(13)14)9-7(3-5)16-4-8(12)11-9/h2-3H,4H2,1H3,(H,11,12)(H,13,14). The van der Waals surface area contributed by atoms with E-state index in [4.69, 9.17) is 14.6 Å². The summed E-state index contributed by atoms with van der Waals surface area (Å²) in [5.74, 6) is -0.857. The van der Waals surface area contributed by atoms with Crippen molar-refractivity contribution in [1.29, 1.82) is 0 Å². The summed E-state index contributed by atoms with van der Waals surface area (Å²) in [6, 6.07) is 2.86. The number of nitrogens with one attached hydrogen (secondary N) is 1. The van der Waals surface area contributed by atoms with Crippen LogP contribution in [0.25, 0.3) is 0 Å². The molecule has 1 aliphatic rings. The molecule has 1 amide bonds. The number of benzene rings is 1. The molecule has 0 saturated heterocycles. The number of carboxylic acid groups (broad SMARTS) is 1. The normalized spacial score (nSPS) is 13.4. The van der Waals surface area contributed by atoms with Crippen molar-refractivity contribution in [3.63, 3.8) is 0 Å². The molecule has 0 saturated carbocycles. The first-order chi connectivity index (χ1) is 7.61. The van der Waals surface area contributed by atoms with Gasteiger partial charge in [0, 0.05) is 6.07 Å². The minimum absolute atomic E-state index is 0.0533. The largest absolute Gasteiger partial charge is 0.497 e. The van der Waals surface area contributed by atoms with Gasteiger partial charge in [0.25, 0.3) is 5.91 Å². The molecule has 0 fully saturated rings. The second-order valence-corrected chi connectivity index (χ2v) is 3.19.